The molecule has 0 aliphatic carbocycles. The summed E-state index contributed by atoms with van der Waals surface area (Å²) in [6.07, 6.45) is 1.76. The molecule has 1 aromatic carbocycles. The molecule has 3 heterocycles. The Hall–Kier alpha value is -2.44. The summed E-state index contributed by atoms with van der Waals surface area (Å²) in [5.41, 5.74) is 1.98. The number of ether oxygens (including phenoxy) is 1. The van der Waals surface area contributed by atoms with Crippen LogP contribution in [0.5, 0.6) is 0 Å². The lowest BCUT2D eigenvalue weighted by Gasteiger charge is -2.34. The van der Waals surface area contributed by atoms with E-state index >= 15 is 0 Å². The lowest BCUT2D eigenvalue weighted by atomic mass is 10.1. The van der Waals surface area contributed by atoms with Gasteiger partial charge in [-0.2, -0.15) is 4.98 Å². The minimum Gasteiger partial charge on any atom is -0.370 e. The number of hydrogen-bond acceptors (Lipinski definition) is 6. The Bertz CT molecular complexity index is 910. The molecule has 0 bridgehead atoms. The minimum atomic E-state index is -0.0163. The van der Waals surface area contributed by atoms with Crippen molar-refractivity contribution in [2.45, 2.75) is 25.9 Å². The molecule has 0 N–H and O–H groups in total. The number of nitrogens with zero attached hydrogens (tertiary/aromatic N) is 4. The van der Waals surface area contributed by atoms with E-state index in [4.69, 9.17) is 20.9 Å². The molecule has 1 fully saturated rings. The average molecular weight is 385 g/mol. The van der Waals surface area contributed by atoms with Crippen molar-refractivity contribution in [2.75, 3.05) is 24.6 Å². The van der Waals surface area contributed by atoms with E-state index in [9.17, 15) is 0 Å². The average Bonchev–Trinajstić information content (AvgIpc) is 3.19. The van der Waals surface area contributed by atoms with Gasteiger partial charge in [0.05, 0.1) is 6.61 Å². The number of pyridine rings is 1. The van der Waals surface area contributed by atoms with Crippen LogP contribution in [0, 0.1) is 0 Å². The van der Waals surface area contributed by atoms with Gasteiger partial charge in [-0.25, -0.2) is 4.98 Å². The third-order valence-corrected chi connectivity index (χ3v) is 4.83. The van der Waals surface area contributed by atoms with Crippen LogP contribution < -0.4 is 4.90 Å². The Morgan fingerprint density at radius 2 is 2.00 bits per heavy atom. The van der Waals surface area contributed by atoms with Gasteiger partial charge in [-0.15, -0.1) is 0 Å². The van der Waals surface area contributed by atoms with Gasteiger partial charge in [-0.1, -0.05) is 42.7 Å². The predicted octanol–water partition coefficient (Wildman–Crippen LogP) is 4.49. The third kappa shape index (κ3) is 3.96. The smallest absolute Gasteiger partial charge is 0.258 e. The van der Waals surface area contributed by atoms with E-state index in [2.05, 4.69) is 20.0 Å². The normalized spacial score (nSPS) is 17.5. The molecule has 1 aliphatic rings. The number of anilines is 1. The van der Waals surface area contributed by atoms with Crippen molar-refractivity contribution in [1.29, 1.82) is 0 Å². The number of aromatic nitrogens is 3. The second-order valence-corrected chi connectivity index (χ2v) is 7.31. The molecule has 0 spiro atoms. The number of halogens is 1. The van der Waals surface area contributed by atoms with E-state index in [1.807, 2.05) is 50.2 Å². The highest BCUT2D eigenvalue weighted by atomic mass is 35.5. The molecular formula is C20H21ClN4O2. The molecule has 3 aromatic rings. The van der Waals surface area contributed by atoms with Gasteiger partial charge in [0.1, 0.15) is 11.9 Å². The molecule has 4 rings (SSSR count). The molecule has 0 amide bonds. The van der Waals surface area contributed by atoms with E-state index in [1.165, 1.54) is 0 Å². The van der Waals surface area contributed by atoms with Crippen LogP contribution in [0.1, 0.15) is 37.3 Å². The van der Waals surface area contributed by atoms with Gasteiger partial charge in [-0.05, 0) is 29.8 Å². The van der Waals surface area contributed by atoms with Crippen molar-refractivity contribution in [3.8, 4) is 11.5 Å². The molecule has 0 saturated carbocycles. The van der Waals surface area contributed by atoms with Crippen LogP contribution in [0.4, 0.5) is 5.82 Å². The molecule has 1 aliphatic heterocycles. The summed E-state index contributed by atoms with van der Waals surface area (Å²) in [4.78, 5) is 11.2. The van der Waals surface area contributed by atoms with Crippen molar-refractivity contribution in [1.82, 2.24) is 15.1 Å². The summed E-state index contributed by atoms with van der Waals surface area (Å²) in [5.74, 6) is 2.32. The van der Waals surface area contributed by atoms with Crippen molar-refractivity contribution in [3.05, 3.63) is 59.0 Å². The molecule has 6 nitrogen and oxygen atoms in total. The first-order valence-corrected chi connectivity index (χ1v) is 9.40. The summed E-state index contributed by atoms with van der Waals surface area (Å²) in [6.45, 7) is 6.21. The van der Waals surface area contributed by atoms with Gasteiger partial charge >= 0.3 is 0 Å². The first-order chi connectivity index (χ1) is 13.1. The van der Waals surface area contributed by atoms with E-state index < -0.39 is 0 Å². The summed E-state index contributed by atoms with van der Waals surface area (Å²) in [5, 5.41) is 4.77. The molecule has 140 valence electrons. The van der Waals surface area contributed by atoms with E-state index in [-0.39, 0.29) is 12.0 Å². The molecule has 0 radical (unpaired) electrons. The van der Waals surface area contributed by atoms with E-state index in [0.29, 0.717) is 18.3 Å². The standard InChI is InChI=1S/C20H21ClN4O2/c1-13(2)19-23-20(27-24-19)15-7-8-22-18(11-15)25-9-10-26-17(12-25)14-3-5-16(21)6-4-14/h3-8,11,13,17H,9-10,12H2,1-2H3. The zero-order valence-corrected chi connectivity index (χ0v) is 16.1. The number of benzene rings is 1. The van der Waals surface area contributed by atoms with Gasteiger partial charge in [-0.3, -0.25) is 0 Å². The SMILES string of the molecule is CC(C)c1noc(-c2ccnc(N3CCOC(c4ccc(Cl)cc4)C3)c2)n1. The maximum absolute atomic E-state index is 5.99. The van der Waals surface area contributed by atoms with Crippen LogP contribution in [0.25, 0.3) is 11.5 Å². The van der Waals surface area contributed by atoms with Crippen LogP contribution >= 0.6 is 11.6 Å². The molecule has 1 unspecified atom stereocenters. The van der Waals surface area contributed by atoms with Gasteiger partial charge in [0, 0.05) is 35.8 Å². The Morgan fingerprint density at radius 1 is 1.19 bits per heavy atom. The van der Waals surface area contributed by atoms with Crippen LogP contribution in [0.15, 0.2) is 47.1 Å². The summed E-state index contributed by atoms with van der Waals surface area (Å²) in [6, 6.07) is 11.7. The van der Waals surface area contributed by atoms with Crippen LogP contribution in [-0.2, 0) is 4.74 Å². The summed E-state index contributed by atoms with van der Waals surface area (Å²) in [7, 11) is 0. The highest BCUT2D eigenvalue weighted by Gasteiger charge is 2.23. The molecule has 7 heteroatoms. The topological polar surface area (TPSA) is 64.3 Å². The monoisotopic (exact) mass is 384 g/mol. The van der Waals surface area contributed by atoms with E-state index in [1.54, 1.807) is 6.20 Å². The third-order valence-electron chi connectivity index (χ3n) is 4.58. The fourth-order valence-corrected chi connectivity index (χ4v) is 3.17. The minimum absolute atomic E-state index is 0.0163. The largest absolute Gasteiger partial charge is 0.370 e. The van der Waals surface area contributed by atoms with Gasteiger partial charge < -0.3 is 14.2 Å². The van der Waals surface area contributed by atoms with Crippen molar-refractivity contribution >= 4 is 17.4 Å². The number of rotatable bonds is 4. The van der Waals surface area contributed by atoms with Crippen LogP contribution in [0.2, 0.25) is 5.02 Å². The van der Waals surface area contributed by atoms with E-state index in [0.717, 1.165) is 35.1 Å². The predicted molar refractivity (Wildman–Crippen MR) is 104 cm³/mol. The van der Waals surface area contributed by atoms with Gasteiger partial charge in [0.2, 0.25) is 0 Å². The maximum Gasteiger partial charge on any atom is 0.258 e. The van der Waals surface area contributed by atoms with Crippen molar-refractivity contribution < 1.29 is 9.26 Å². The fraction of sp³-hybridized carbons (Fsp3) is 0.350. The zero-order valence-electron chi connectivity index (χ0n) is 15.3. The maximum atomic E-state index is 5.99. The highest BCUT2D eigenvalue weighted by molar-refractivity contribution is 6.30. The molecule has 2 aromatic heterocycles. The molecule has 1 atom stereocenters. The number of hydrogen-bond donors (Lipinski definition) is 0. The Balaban J connectivity index is 1.55. The van der Waals surface area contributed by atoms with Crippen molar-refractivity contribution in [3.63, 3.8) is 0 Å². The van der Waals surface area contributed by atoms with Crippen molar-refractivity contribution in [2.24, 2.45) is 0 Å². The second kappa shape index (κ2) is 7.66. The Labute approximate surface area is 163 Å². The summed E-state index contributed by atoms with van der Waals surface area (Å²) < 4.78 is 11.4. The lowest BCUT2D eigenvalue weighted by molar-refractivity contribution is 0.0395. The highest BCUT2D eigenvalue weighted by Crippen LogP contribution is 2.28. The fourth-order valence-electron chi connectivity index (χ4n) is 3.05. The molecule has 1 saturated heterocycles. The van der Waals surface area contributed by atoms with Crippen LogP contribution in [0.3, 0.4) is 0 Å². The quantitative estimate of drug-likeness (QED) is 0.660. The first-order valence-electron chi connectivity index (χ1n) is 9.02. The zero-order chi connectivity index (χ0) is 18.8. The number of morpholine rings is 1. The second-order valence-electron chi connectivity index (χ2n) is 6.87. The lowest BCUT2D eigenvalue weighted by Crippen LogP contribution is -2.38. The van der Waals surface area contributed by atoms with Gasteiger partial charge in [0.15, 0.2) is 5.82 Å². The Kier molecular flexibility index (Phi) is 5.09. The first kappa shape index (κ1) is 17.9. The molecule has 27 heavy (non-hydrogen) atoms. The summed E-state index contributed by atoms with van der Waals surface area (Å²) >= 11 is 5.99. The molecular weight excluding hydrogens is 364 g/mol. The Morgan fingerprint density at radius 3 is 2.74 bits per heavy atom. The van der Waals surface area contributed by atoms with Crippen LogP contribution in [-0.4, -0.2) is 34.8 Å². The van der Waals surface area contributed by atoms with Gasteiger partial charge in [0.25, 0.3) is 5.89 Å².